The molecular weight excluding hydrogens is 258 g/mol. The van der Waals surface area contributed by atoms with Gasteiger partial charge in [0.1, 0.15) is 0 Å². The number of carboxylic acid groups (broad SMARTS) is 1. The van der Waals surface area contributed by atoms with Gasteiger partial charge in [0, 0.05) is 26.3 Å². The van der Waals surface area contributed by atoms with Crippen molar-refractivity contribution in [1.82, 2.24) is 4.90 Å². The van der Waals surface area contributed by atoms with E-state index in [4.69, 9.17) is 14.6 Å². The van der Waals surface area contributed by atoms with Crippen LogP contribution in [-0.4, -0.2) is 61.0 Å². The average molecular weight is 285 g/mol. The van der Waals surface area contributed by atoms with Crippen LogP contribution in [0.5, 0.6) is 0 Å². The molecule has 0 aromatic carbocycles. The summed E-state index contributed by atoms with van der Waals surface area (Å²) in [6.07, 6.45) is 7.96. The third-order valence-electron chi connectivity index (χ3n) is 4.67. The summed E-state index contributed by atoms with van der Waals surface area (Å²) in [6.45, 7) is 2.12. The van der Waals surface area contributed by atoms with E-state index in [9.17, 15) is 4.79 Å². The van der Waals surface area contributed by atoms with Crippen molar-refractivity contribution >= 4 is 5.97 Å². The molecular formula is C15H27NO4. The highest BCUT2D eigenvalue weighted by atomic mass is 16.5. The van der Waals surface area contributed by atoms with Gasteiger partial charge in [-0.15, -0.1) is 0 Å². The van der Waals surface area contributed by atoms with Crippen molar-refractivity contribution in [2.45, 2.75) is 56.6 Å². The fourth-order valence-electron chi connectivity index (χ4n) is 3.63. The molecule has 0 amide bonds. The van der Waals surface area contributed by atoms with Crippen molar-refractivity contribution in [3.63, 3.8) is 0 Å². The lowest BCUT2D eigenvalue weighted by Gasteiger charge is -2.46. The Bertz CT molecular complexity index is 309. The minimum Gasteiger partial charge on any atom is -0.480 e. The number of aliphatic carboxylic acids is 1. The first kappa shape index (κ1) is 15.7. The molecule has 2 aliphatic rings. The SMILES string of the molecule is COCCN(CC(=O)O)C1CCOC2(CCCCC2)C1. The molecule has 1 aliphatic carbocycles. The molecule has 0 aromatic heterocycles. The number of rotatable bonds is 6. The number of ether oxygens (including phenoxy) is 2. The summed E-state index contributed by atoms with van der Waals surface area (Å²) < 4.78 is 11.2. The molecule has 0 aromatic rings. The Morgan fingerprint density at radius 1 is 1.40 bits per heavy atom. The molecule has 1 N–H and O–H groups in total. The van der Waals surface area contributed by atoms with Crippen molar-refractivity contribution in [3.8, 4) is 0 Å². The van der Waals surface area contributed by atoms with Crippen LogP contribution in [0.15, 0.2) is 0 Å². The quantitative estimate of drug-likeness (QED) is 0.807. The van der Waals surface area contributed by atoms with Crippen molar-refractivity contribution in [1.29, 1.82) is 0 Å². The predicted molar refractivity (Wildman–Crippen MR) is 75.9 cm³/mol. The molecule has 116 valence electrons. The van der Waals surface area contributed by atoms with Gasteiger partial charge in [-0.25, -0.2) is 0 Å². The topological polar surface area (TPSA) is 59.0 Å². The van der Waals surface area contributed by atoms with Crippen LogP contribution in [0.3, 0.4) is 0 Å². The van der Waals surface area contributed by atoms with Crippen LogP contribution >= 0.6 is 0 Å². The highest BCUT2D eigenvalue weighted by molar-refractivity contribution is 5.69. The van der Waals surface area contributed by atoms with Gasteiger partial charge in [0.15, 0.2) is 0 Å². The van der Waals surface area contributed by atoms with E-state index < -0.39 is 5.97 Å². The average Bonchev–Trinajstić information content (AvgIpc) is 2.44. The van der Waals surface area contributed by atoms with E-state index in [2.05, 4.69) is 4.90 Å². The van der Waals surface area contributed by atoms with Crippen LogP contribution < -0.4 is 0 Å². The molecule has 1 saturated carbocycles. The maximum Gasteiger partial charge on any atom is 0.317 e. The third-order valence-corrected chi connectivity index (χ3v) is 4.67. The van der Waals surface area contributed by atoms with Gasteiger partial charge in [0.25, 0.3) is 0 Å². The van der Waals surface area contributed by atoms with E-state index in [-0.39, 0.29) is 12.1 Å². The zero-order valence-corrected chi connectivity index (χ0v) is 12.5. The molecule has 1 unspecified atom stereocenters. The van der Waals surface area contributed by atoms with Crippen LogP contribution in [0, 0.1) is 0 Å². The summed E-state index contributed by atoms with van der Waals surface area (Å²) in [5.41, 5.74) is 0.0188. The summed E-state index contributed by atoms with van der Waals surface area (Å²) in [5.74, 6) is -0.759. The lowest BCUT2D eigenvalue weighted by Crippen LogP contribution is -2.51. The van der Waals surface area contributed by atoms with Gasteiger partial charge in [0.05, 0.1) is 18.8 Å². The number of carbonyl (C=O) groups is 1. The van der Waals surface area contributed by atoms with Gasteiger partial charge in [-0.1, -0.05) is 19.3 Å². The first-order chi connectivity index (χ1) is 9.65. The molecule has 2 rings (SSSR count). The van der Waals surface area contributed by atoms with Gasteiger partial charge in [-0.2, -0.15) is 0 Å². The van der Waals surface area contributed by atoms with E-state index in [0.717, 1.165) is 32.3 Å². The Morgan fingerprint density at radius 3 is 2.80 bits per heavy atom. The molecule has 1 saturated heterocycles. The van der Waals surface area contributed by atoms with Crippen LogP contribution in [0.25, 0.3) is 0 Å². The third kappa shape index (κ3) is 4.17. The van der Waals surface area contributed by atoms with Crippen LogP contribution in [0.1, 0.15) is 44.9 Å². The van der Waals surface area contributed by atoms with Crippen molar-refractivity contribution in [2.24, 2.45) is 0 Å². The minimum atomic E-state index is -0.759. The highest BCUT2D eigenvalue weighted by Crippen LogP contribution is 2.39. The Labute approximate surface area is 121 Å². The maximum atomic E-state index is 11.1. The maximum absolute atomic E-state index is 11.1. The fourth-order valence-corrected chi connectivity index (χ4v) is 3.63. The zero-order chi connectivity index (χ0) is 14.4. The summed E-state index contributed by atoms with van der Waals surface area (Å²) in [5, 5.41) is 9.10. The summed E-state index contributed by atoms with van der Waals surface area (Å²) in [6, 6.07) is 0.313. The monoisotopic (exact) mass is 285 g/mol. The molecule has 2 fully saturated rings. The Balaban J connectivity index is 1.97. The van der Waals surface area contributed by atoms with Gasteiger partial charge in [-0.3, -0.25) is 9.69 Å². The number of carboxylic acids is 1. The molecule has 1 aliphatic heterocycles. The molecule has 0 bridgehead atoms. The molecule has 5 nitrogen and oxygen atoms in total. The fraction of sp³-hybridized carbons (Fsp3) is 0.933. The molecule has 20 heavy (non-hydrogen) atoms. The number of methoxy groups -OCH3 is 1. The predicted octanol–water partition coefficient (Wildman–Crippen LogP) is 1.90. The summed E-state index contributed by atoms with van der Waals surface area (Å²) in [4.78, 5) is 13.1. The molecule has 1 spiro atoms. The smallest absolute Gasteiger partial charge is 0.317 e. The second kappa shape index (κ2) is 7.38. The van der Waals surface area contributed by atoms with Gasteiger partial charge >= 0.3 is 5.97 Å². The lowest BCUT2D eigenvalue weighted by atomic mass is 9.78. The largest absolute Gasteiger partial charge is 0.480 e. The summed E-state index contributed by atoms with van der Waals surface area (Å²) in [7, 11) is 1.66. The van der Waals surface area contributed by atoms with Crippen molar-refractivity contribution in [3.05, 3.63) is 0 Å². The Kier molecular flexibility index (Phi) is 5.81. The van der Waals surface area contributed by atoms with Crippen molar-refractivity contribution in [2.75, 3.05) is 33.4 Å². The Hall–Kier alpha value is -0.650. The number of hydrogen-bond acceptors (Lipinski definition) is 4. The zero-order valence-electron chi connectivity index (χ0n) is 12.5. The highest BCUT2D eigenvalue weighted by Gasteiger charge is 2.40. The van der Waals surface area contributed by atoms with Crippen LogP contribution in [0.2, 0.25) is 0 Å². The van der Waals surface area contributed by atoms with Crippen LogP contribution in [0.4, 0.5) is 0 Å². The normalized spacial score (nSPS) is 26.0. The van der Waals surface area contributed by atoms with E-state index in [1.54, 1.807) is 7.11 Å². The first-order valence-corrected chi connectivity index (χ1v) is 7.74. The lowest BCUT2D eigenvalue weighted by molar-refractivity contribution is -0.145. The van der Waals surface area contributed by atoms with Gasteiger partial charge < -0.3 is 14.6 Å². The number of hydrogen-bond donors (Lipinski definition) is 1. The van der Waals surface area contributed by atoms with E-state index in [1.165, 1.54) is 19.3 Å². The first-order valence-electron chi connectivity index (χ1n) is 7.74. The minimum absolute atomic E-state index is 0.0188. The second-order valence-electron chi connectivity index (χ2n) is 6.10. The molecule has 1 atom stereocenters. The Morgan fingerprint density at radius 2 is 2.15 bits per heavy atom. The van der Waals surface area contributed by atoms with E-state index >= 15 is 0 Å². The van der Waals surface area contributed by atoms with Crippen molar-refractivity contribution < 1.29 is 19.4 Å². The molecule has 5 heteroatoms. The van der Waals surface area contributed by atoms with E-state index in [1.807, 2.05) is 0 Å². The standard InChI is InChI=1S/C15H27NO4/c1-19-10-8-16(12-14(17)18)13-5-9-20-15(11-13)6-3-2-4-7-15/h13H,2-12H2,1H3,(H,17,18). The van der Waals surface area contributed by atoms with Gasteiger partial charge in [0.2, 0.25) is 0 Å². The second-order valence-corrected chi connectivity index (χ2v) is 6.10. The summed E-state index contributed by atoms with van der Waals surface area (Å²) >= 11 is 0. The molecule has 0 radical (unpaired) electrons. The number of nitrogens with zero attached hydrogens (tertiary/aromatic N) is 1. The van der Waals surface area contributed by atoms with Crippen LogP contribution in [-0.2, 0) is 14.3 Å². The van der Waals surface area contributed by atoms with Gasteiger partial charge in [-0.05, 0) is 25.7 Å². The van der Waals surface area contributed by atoms with E-state index in [0.29, 0.717) is 19.2 Å². The molecule has 1 heterocycles.